The summed E-state index contributed by atoms with van der Waals surface area (Å²) in [5.41, 5.74) is 0.334. The number of nitrogens with one attached hydrogen (secondary N) is 1. The second kappa shape index (κ2) is 4.62. The SMILES string of the molecule is O=C(O)c1cc(Cc2nnn[nH]2)cc(C(=O)O)c1. The molecule has 1 aromatic carbocycles. The normalized spacial score (nSPS) is 10.2. The fraction of sp³-hybridized carbons (Fsp3) is 0.100. The van der Waals surface area contributed by atoms with Crippen molar-refractivity contribution in [2.75, 3.05) is 0 Å². The Morgan fingerprint density at radius 1 is 1.11 bits per heavy atom. The van der Waals surface area contributed by atoms with E-state index in [2.05, 4.69) is 20.6 Å². The quantitative estimate of drug-likeness (QED) is 0.703. The van der Waals surface area contributed by atoms with Crippen molar-refractivity contribution in [1.29, 1.82) is 0 Å². The molecule has 1 aromatic heterocycles. The lowest BCUT2D eigenvalue weighted by Gasteiger charge is -2.03. The number of nitrogens with zero attached hydrogens (tertiary/aromatic N) is 3. The van der Waals surface area contributed by atoms with Crippen LogP contribution in [-0.4, -0.2) is 42.8 Å². The van der Waals surface area contributed by atoms with Crippen LogP contribution in [0.3, 0.4) is 0 Å². The number of H-pyrrole nitrogens is 1. The van der Waals surface area contributed by atoms with E-state index in [-0.39, 0.29) is 17.5 Å². The molecule has 3 N–H and O–H groups in total. The highest BCUT2D eigenvalue weighted by atomic mass is 16.4. The lowest BCUT2D eigenvalue weighted by Crippen LogP contribution is -2.05. The van der Waals surface area contributed by atoms with Gasteiger partial charge < -0.3 is 10.2 Å². The predicted molar refractivity (Wildman–Crippen MR) is 57.3 cm³/mol. The summed E-state index contributed by atoms with van der Waals surface area (Å²) in [7, 11) is 0. The molecule has 92 valence electrons. The molecule has 0 atom stereocenters. The Morgan fingerprint density at radius 2 is 1.72 bits per heavy atom. The van der Waals surface area contributed by atoms with Crippen LogP contribution in [0.15, 0.2) is 18.2 Å². The number of benzene rings is 1. The highest BCUT2D eigenvalue weighted by molar-refractivity contribution is 5.94. The van der Waals surface area contributed by atoms with Crippen molar-refractivity contribution < 1.29 is 19.8 Å². The van der Waals surface area contributed by atoms with Gasteiger partial charge in [-0.2, -0.15) is 0 Å². The fourth-order valence-electron chi connectivity index (χ4n) is 1.49. The summed E-state index contributed by atoms with van der Waals surface area (Å²) in [5, 5.41) is 30.7. The molecule has 8 nitrogen and oxygen atoms in total. The molecule has 0 spiro atoms. The summed E-state index contributed by atoms with van der Waals surface area (Å²) < 4.78 is 0. The van der Waals surface area contributed by atoms with Gasteiger partial charge in [-0.25, -0.2) is 14.7 Å². The van der Waals surface area contributed by atoms with Crippen LogP contribution in [0.2, 0.25) is 0 Å². The van der Waals surface area contributed by atoms with Gasteiger partial charge in [0, 0.05) is 6.42 Å². The van der Waals surface area contributed by atoms with Gasteiger partial charge in [0.25, 0.3) is 0 Å². The van der Waals surface area contributed by atoms with Crippen molar-refractivity contribution in [3.8, 4) is 0 Å². The average molecular weight is 248 g/mol. The van der Waals surface area contributed by atoms with Gasteiger partial charge in [-0.15, -0.1) is 5.10 Å². The molecule has 2 aromatic rings. The molecule has 0 aliphatic carbocycles. The standard InChI is InChI=1S/C10H8N4O4/c15-9(16)6-1-5(2-7(4-6)10(17)18)3-8-11-13-14-12-8/h1-2,4H,3H2,(H,15,16)(H,17,18)(H,11,12,13,14). The number of hydrogen-bond donors (Lipinski definition) is 3. The van der Waals surface area contributed by atoms with Gasteiger partial charge in [0.15, 0.2) is 5.82 Å². The van der Waals surface area contributed by atoms with E-state index in [1.807, 2.05) is 0 Å². The van der Waals surface area contributed by atoms with Gasteiger partial charge in [-0.1, -0.05) is 0 Å². The van der Waals surface area contributed by atoms with Crippen molar-refractivity contribution in [2.45, 2.75) is 6.42 Å². The maximum absolute atomic E-state index is 10.9. The first kappa shape index (κ1) is 11.7. The summed E-state index contributed by atoms with van der Waals surface area (Å²) in [6, 6.07) is 3.88. The van der Waals surface area contributed by atoms with Crippen LogP contribution < -0.4 is 0 Å². The molecule has 2 rings (SSSR count). The fourth-order valence-corrected chi connectivity index (χ4v) is 1.49. The third kappa shape index (κ3) is 2.48. The molecular formula is C10H8N4O4. The Morgan fingerprint density at radius 3 is 2.17 bits per heavy atom. The summed E-state index contributed by atoms with van der Waals surface area (Å²) in [4.78, 5) is 21.8. The number of tetrazole rings is 1. The molecule has 0 radical (unpaired) electrons. The second-order valence-corrected chi connectivity index (χ2v) is 3.55. The number of hydrogen-bond acceptors (Lipinski definition) is 5. The zero-order chi connectivity index (χ0) is 13.1. The number of carboxylic acid groups (broad SMARTS) is 2. The zero-order valence-electron chi connectivity index (χ0n) is 8.99. The molecule has 0 saturated carbocycles. The molecule has 0 fully saturated rings. The van der Waals surface area contributed by atoms with E-state index in [9.17, 15) is 9.59 Å². The first-order valence-electron chi connectivity index (χ1n) is 4.89. The molecule has 0 unspecified atom stereocenters. The summed E-state index contributed by atoms with van der Waals surface area (Å²) in [6.07, 6.45) is 0.231. The van der Waals surface area contributed by atoms with Crippen LogP contribution in [0.25, 0.3) is 0 Å². The van der Waals surface area contributed by atoms with Crippen LogP contribution >= 0.6 is 0 Å². The minimum absolute atomic E-state index is 0.0858. The molecule has 8 heteroatoms. The number of aromatic nitrogens is 4. The number of carboxylic acids is 2. The predicted octanol–water partition coefficient (Wildman–Crippen LogP) is 0.187. The topological polar surface area (TPSA) is 129 Å². The van der Waals surface area contributed by atoms with E-state index in [1.54, 1.807) is 0 Å². The lowest BCUT2D eigenvalue weighted by molar-refractivity contribution is 0.0696. The first-order valence-corrected chi connectivity index (χ1v) is 4.89. The van der Waals surface area contributed by atoms with Crippen LogP contribution in [0.4, 0.5) is 0 Å². The van der Waals surface area contributed by atoms with Gasteiger partial charge in [0.1, 0.15) is 0 Å². The van der Waals surface area contributed by atoms with Crippen LogP contribution in [0.1, 0.15) is 32.1 Å². The summed E-state index contributed by atoms with van der Waals surface area (Å²) in [5.74, 6) is -1.95. The highest BCUT2D eigenvalue weighted by Gasteiger charge is 2.12. The maximum atomic E-state index is 10.9. The molecule has 0 amide bonds. The largest absolute Gasteiger partial charge is 0.478 e. The molecule has 0 aliphatic heterocycles. The average Bonchev–Trinajstić information content (AvgIpc) is 2.81. The number of carbonyl (C=O) groups is 2. The Balaban J connectivity index is 2.40. The third-order valence-electron chi connectivity index (χ3n) is 2.25. The zero-order valence-corrected chi connectivity index (χ0v) is 8.99. The molecular weight excluding hydrogens is 240 g/mol. The first-order chi connectivity index (χ1) is 8.56. The Bertz CT molecular complexity index is 562. The van der Waals surface area contributed by atoms with Crippen LogP contribution in [0, 0.1) is 0 Å². The van der Waals surface area contributed by atoms with Gasteiger partial charge in [0.05, 0.1) is 11.1 Å². The van der Waals surface area contributed by atoms with Crippen molar-refractivity contribution in [3.05, 3.63) is 40.7 Å². The Labute approximate surface area is 100 Å². The molecule has 1 heterocycles. The molecule has 18 heavy (non-hydrogen) atoms. The number of aromatic amines is 1. The maximum Gasteiger partial charge on any atom is 0.335 e. The van der Waals surface area contributed by atoms with Crippen molar-refractivity contribution >= 4 is 11.9 Å². The third-order valence-corrected chi connectivity index (χ3v) is 2.25. The van der Waals surface area contributed by atoms with Gasteiger partial charge >= 0.3 is 11.9 Å². The second-order valence-electron chi connectivity index (χ2n) is 3.55. The molecule has 0 saturated heterocycles. The van der Waals surface area contributed by atoms with Gasteiger partial charge in [0.2, 0.25) is 0 Å². The lowest BCUT2D eigenvalue weighted by atomic mass is 10.0. The smallest absolute Gasteiger partial charge is 0.335 e. The van der Waals surface area contributed by atoms with Crippen LogP contribution in [0.5, 0.6) is 0 Å². The van der Waals surface area contributed by atoms with Crippen molar-refractivity contribution in [3.63, 3.8) is 0 Å². The van der Waals surface area contributed by atoms with Crippen LogP contribution in [-0.2, 0) is 6.42 Å². The minimum atomic E-state index is -1.19. The Hall–Kier alpha value is -2.77. The summed E-state index contributed by atoms with van der Waals surface area (Å²) >= 11 is 0. The van der Waals surface area contributed by atoms with Gasteiger partial charge in [-0.3, -0.25) is 0 Å². The summed E-state index contributed by atoms with van der Waals surface area (Å²) in [6.45, 7) is 0. The van der Waals surface area contributed by atoms with E-state index in [0.29, 0.717) is 11.4 Å². The molecule has 0 bridgehead atoms. The minimum Gasteiger partial charge on any atom is -0.478 e. The van der Waals surface area contributed by atoms with E-state index in [0.717, 1.165) is 6.07 Å². The molecule has 0 aliphatic rings. The monoisotopic (exact) mass is 248 g/mol. The van der Waals surface area contributed by atoms with Crippen molar-refractivity contribution in [2.24, 2.45) is 0 Å². The number of aromatic carboxylic acids is 2. The number of rotatable bonds is 4. The van der Waals surface area contributed by atoms with E-state index >= 15 is 0 Å². The van der Waals surface area contributed by atoms with Crippen molar-refractivity contribution in [1.82, 2.24) is 20.6 Å². The highest BCUT2D eigenvalue weighted by Crippen LogP contribution is 2.13. The Kier molecular flexibility index (Phi) is 3.00. The van der Waals surface area contributed by atoms with E-state index < -0.39 is 11.9 Å². The van der Waals surface area contributed by atoms with E-state index in [1.165, 1.54) is 12.1 Å². The van der Waals surface area contributed by atoms with E-state index in [4.69, 9.17) is 10.2 Å². The van der Waals surface area contributed by atoms with Gasteiger partial charge in [-0.05, 0) is 34.2 Å².